The number of rotatable bonds is 5. The SMILES string of the molecule is C=CCNc1cc(NC2CNC2)nc(C)n1. The molecule has 3 N–H and O–H groups in total. The van der Waals surface area contributed by atoms with E-state index in [2.05, 4.69) is 32.5 Å². The van der Waals surface area contributed by atoms with Crippen LogP contribution < -0.4 is 16.0 Å². The molecular weight excluding hydrogens is 202 g/mol. The third-order valence-corrected chi connectivity index (χ3v) is 2.40. The summed E-state index contributed by atoms with van der Waals surface area (Å²) in [6.07, 6.45) is 1.81. The smallest absolute Gasteiger partial charge is 0.132 e. The standard InChI is InChI=1S/C11H17N5/c1-3-4-13-10-5-11(15-8(2)14-10)16-9-6-12-7-9/h3,5,9,12H,1,4,6-7H2,2H3,(H2,13,14,15,16). The van der Waals surface area contributed by atoms with Crippen LogP contribution in [0.3, 0.4) is 0 Å². The highest BCUT2D eigenvalue weighted by Crippen LogP contribution is 2.12. The third kappa shape index (κ3) is 2.70. The summed E-state index contributed by atoms with van der Waals surface area (Å²) in [7, 11) is 0. The Balaban J connectivity index is 2.04. The second-order valence-corrected chi connectivity index (χ2v) is 3.85. The second-order valence-electron chi connectivity index (χ2n) is 3.85. The van der Waals surface area contributed by atoms with Gasteiger partial charge < -0.3 is 16.0 Å². The lowest BCUT2D eigenvalue weighted by molar-refractivity contribution is 0.471. The number of aryl methyl sites for hydroxylation is 1. The highest BCUT2D eigenvalue weighted by Gasteiger charge is 2.16. The molecule has 1 fully saturated rings. The van der Waals surface area contributed by atoms with Crippen molar-refractivity contribution >= 4 is 11.6 Å². The van der Waals surface area contributed by atoms with Gasteiger partial charge in [-0.2, -0.15) is 0 Å². The summed E-state index contributed by atoms with van der Waals surface area (Å²) in [6, 6.07) is 2.41. The fourth-order valence-electron chi connectivity index (χ4n) is 1.51. The molecule has 2 heterocycles. The lowest BCUT2D eigenvalue weighted by Gasteiger charge is -2.28. The van der Waals surface area contributed by atoms with Gasteiger partial charge in [-0.15, -0.1) is 6.58 Å². The molecule has 0 spiro atoms. The fraction of sp³-hybridized carbons (Fsp3) is 0.455. The van der Waals surface area contributed by atoms with Gasteiger partial charge in [-0.25, -0.2) is 9.97 Å². The summed E-state index contributed by atoms with van der Waals surface area (Å²) >= 11 is 0. The number of nitrogens with zero attached hydrogens (tertiary/aromatic N) is 2. The monoisotopic (exact) mass is 219 g/mol. The van der Waals surface area contributed by atoms with E-state index in [1.54, 1.807) is 6.08 Å². The van der Waals surface area contributed by atoms with Gasteiger partial charge in [0.15, 0.2) is 0 Å². The normalized spacial score (nSPS) is 15.3. The van der Waals surface area contributed by atoms with Gasteiger partial charge in [0.1, 0.15) is 17.5 Å². The molecule has 1 aliphatic rings. The first-order chi connectivity index (χ1) is 7.78. The van der Waals surface area contributed by atoms with Crippen LogP contribution in [0.1, 0.15) is 5.82 Å². The molecule has 0 aliphatic carbocycles. The number of hydrogen-bond donors (Lipinski definition) is 3. The molecule has 0 saturated carbocycles. The van der Waals surface area contributed by atoms with E-state index in [1.165, 1.54) is 0 Å². The van der Waals surface area contributed by atoms with Crippen molar-refractivity contribution in [3.05, 3.63) is 24.5 Å². The minimum Gasteiger partial charge on any atom is -0.366 e. The molecule has 1 saturated heterocycles. The van der Waals surface area contributed by atoms with Crippen molar-refractivity contribution in [2.24, 2.45) is 0 Å². The maximum atomic E-state index is 4.35. The summed E-state index contributed by atoms with van der Waals surface area (Å²) in [5, 5.41) is 9.73. The predicted molar refractivity (Wildman–Crippen MR) is 65.7 cm³/mol. The highest BCUT2D eigenvalue weighted by molar-refractivity contribution is 5.48. The Morgan fingerprint density at radius 3 is 2.88 bits per heavy atom. The van der Waals surface area contributed by atoms with Gasteiger partial charge in [-0.3, -0.25) is 0 Å². The van der Waals surface area contributed by atoms with Crippen molar-refractivity contribution in [2.75, 3.05) is 30.3 Å². The molecule has 16 heavy (non-hydrogen) atoms. The van der Waals surface area contributed by atoms with Crippen molar-refractivity contribution in [1.82, 2.24) is 15.3 Å². The van der Waals surface area contributed by atoms with Crippen molar-refractivity contribution in [2.45, 2.75) is 13.0 Å². The van der Waals surface area contributed by atoms with Crippen molar-refractivity contribution in [3.63, 3.8) is 0 Å². The maximum Gasteiger partial charge on any atom is 0.132 e. The van der Waals surface area contributed by atoms with Gasteiger partial charge in [-0.05, 0) is 6.92 Å². The summed E-state index contributed by atoms with van der Waals surface area (Å²) in [5.74, 6) is 2.48. The van der Waals surface area contributed by atoms with E-state index in [1.807, 2.05) is 13.0 Å². The highest BCUT2D eigenvalue weighted by atomic mass is 15.1. The van der Waals surface area contributed by atoms with Crippen molar-refractivity contribution < 1.29 is 0 Å². The molecule has 86 valence electrons. The molecule has 1 aliphatic heterocycles. The Hall–Kier alpha value is -1.62. The van der Waals surface area contributed by atoms with Crippen LogP contribution >= 0.6 is 0 Å². The fourth-order valence-corrected chi connectivity index (χ4v) is 1.51. The van der Waals surface area contributed by atoms with E-state index >= 15 is 0 Å². The first-order valence-corrected chi connectivity index (χ1v) is 5.45. The minimum absolute atomic E-state index is 0.488. The van der Waals surface area contributed by atoms with Crippen LogP contribution in [0.5, 0.6) is 0 Å². The average Bonchev–Trinajstić information content (AvgIpc) is 2.20. The van der Waals surface area contributed by atoms with Crippen LogP contribution in [-0.4, -0.2) is 35.6 Å². The molecular formula is C11H17N5. The van der Waals surface area contributed by atoms with Crippen LogP contribution in [0, 0.1) is 6.92 Å². The van der Waals surface area contributed by atoms with E-state index in [0.29, 0.717) is 12.6 Å². The van der Waals surface area contributed by atoms with E-state index in [0.717, 1.165) is 30.5 Å². The third-order valence-electron chi connectivity index (χ3n) is 2.40. The quantitative estimate of drug-likeness (QED) is 0.638. The molecule has 1 aromatic heterocycles. The molecule has 0 aromatic carbocycles. The van der Waals surface area contributed by atoms with Crippen LogP contribution in [0.2, 0.25) is 0 Å². The summed E-state index contributed by atoms with van der Waals surface area (Å²) in [5.41, 5.74) is 0. The topological polar surface area (TPSA) is 61.9 Å². The Labute approximate surface area is 95.4 Å². The van der Waals surface area contributed by atoms with E-state index in [-0.39, 0.29) is 0 Å². The molecule has 1 aromatic rings. The van der Waals surface area contributed by atoms with Gasteiger partial charge >= 0.3 is 0 Å². The van der Waals surface area contributed by atoms with Crippen molar-refractivity contribution in [3.8, 4) is 0 Å². The van der Waals surface area contributed by atoms with Crippen LogP contribution in [0.15, 0.2) is 18.7 Å². The molecule has 0 atom stereocenters. The maximum absolute atomic E-state index is 4.35. The Bertz CT molecular complexity index is 373. The summed E-state index contributed by atoms with van der Waals surface area (Å²) < 4.78 is 0. The van der Waals surface area contributed by atoms with E-state index in [4.69, 9.17) is 0 Å². The van der Waals surface area contributed by atoms with E-state index < -0.39 is 0 Å². The molecule has 2 rings (SSSR count). The van der Waals surface area contributed by atoms with Gasteiger partial charge in [0.25, 0.3) is 0 Å². The van der Waals surface area contributed by atoms with Gasteiger partial charge in [0.05, 0.1) is 6.04 Å². The van der Waals surface area contributed by atoms with Gasteiger partial charge in [-0.1, -0.05) is 6.08 Å². The van der Waals surface area contributed by atoms with Gasteiger partial charge in [0, 0.05) is 25.7 Å². The summed E-state index contributed by atoms with van der Waals surface area (Å²) in [4.78, 5) is 8.64. The number of nitrogens with one attached hydrogen (secondary N) is 3. The Kier molecular flexibility index (Phi) is 3.36. The predicted octanol–water partition coefficient (Wildman–Crippen LogP) is 0.767. The zero-order valence-corrected chi connectivity index (χ0v) is 9.45. The first-order valence-electron chi connectivity index (χ1n) is 5.45. The van der Waals surface area contributed by atoms with Crippen LogP contribution in [0.25, 0.3) is 0 Å². The van der Waals surface area contributed by atoms with Crippen LogP contribution in [-0.2, 0) is 0 Å². The molecule has 0 unspecified atom stereocenters. The average molecular weight is 219 g/mol. The Morgan fingerprint density at radius 1 is 1.50 bits per heavy atom. The number of hydrogen-bond acceptors (Lipinski definition) is 5. The second kappa shape index (κ2) is 4.94. The number of anilines is 2. The zero-order chi connectivity index (χ0) is 11.4. The minimum atomic E-state index is 0.488. The largest absolute Gasteiger partial charge is 0.366 e. The molecule has 5 nitrogen and oxygen atoms in total. The van der Waals surface area contributed by atoms with Crippen LogP contribution in [0.4, 0.5) is 11.6 Å². The molecule has 5 heteroatoms. The molecule has 0 radical (unpaired) electrons. The number of aromatic nitrogens is 2. The Morgan fingerprint density at radius 2 is 2.25 bits per heavy atom. The lowest BCUT2D eigenvalue weighted by Crippen LogP contribution is -2.51. The van der Waals surface area contributed by atoms with Crippen molar-refractivity contribution in [1.29, 1.82) is 0 Å². The molecule has 0 bridgehead atoms. The lowest BCUT2D eigenvalue weighted by atomic mass is 10.2. The zero-order valence-electron chi connectivity index (χ0n) is 9.45. The first kappa shape index (κ1) is 10.9. The van der Waals surface area contributed by atoms with Gasteiger partial charge in [0.2, 0.25) is 0 Å². The molecule has 0 amide bonds. The van der Waals surface area contributed by atoms with E-state index in [9.17, 15) is 0 Å². The summed E-state index contributed by atoms with van der Waals surface area (Å²) in [6.45, 7) is 8.26.